The topological polar surface area (TPSA) is 15.3 Å². The molecule has 106 valence electrons. The van der Waals surface area contributed by atoms with Crippen LogP contribution in [0.15, 0.2) is 48.5 Å². The van der Waals surface area contributed by atoms with Crippen molar-refractivity contribution < 1.29 is 0 Å². The Morgan fingerprint density at radius 2 is 1.75 bits per heavy atom. The summed E-state index contributed by atoms with van der Waals surface area (Å²) in [5, 5.41) is 3.53. The Morgan fingerprint density at radius 3 is 2.40 bits per heavy atom. The van der Waals surface area contributed by atoms with Gasteiger partial charge in [0.2, 0.25) is 0 Å². The molecule has 1 N–H and O–H groups in total. The van der Waals surface area contributed by atoms with Crippen molar-refractivity contribution in [3.05, 3.63) is 59.7 Å². The average Bonchev–Trinajstić information content (AvgIpc) is 2.46. The molecule has 0 aliphatic carbocycles. The Labute approximate surface area is 122 Å². The number of para-hydroxylation sites is 1. The molecule has 0 aromatic heterocycles. The zero-order valence-electron chi connectivity index (χ0n) is 12.7. The fourth-order valence-electron chi connectivity index (χ4n) is 2.45. The van der Waals surface area contributed by atoms with Gasteiger partial charge >= 0.3 is 0 Å². The fourth-order valence-corrected chi connectivity index (χ4v) is 2.45. The van der Waals surface area contributed by atoms with Crippen LogP contribution in [0.25, 0.3) is 0 Å². The van der Waals surface area contributed by atoms with Gasteiger partial charge in [-0.25, -0.2) is 0 Å². The minimum Gasteiger partial charge on any atom is -0.383 e. The first-order valence-electron chi connectivity index (χ1n) is 7.32. The van der Waals surface area contributed by atoms with Crippen molar-refractivity contribution in [2.75, 3.05) is 29.9 Å². The highest BCUT2D eigenvalue weighted by Crippen LogP contribution is 2.16. The number of rotatable bonds is 6. The second-order valence-electron chi connectivity index (χ2n) is 5.16. The molecule has 2 aromatic rings. The molecule has 0 bridgehead atoms. The molecular weight excluding hydrogens is 244 g/mol. The van der Waals surface area contributed by atoms with E-state index in [1.54, 1.807) is 0 Å². The summed E-state index contributed by atoms with van der Waals surface area (Å²) in [5.41, 5.74) is 5.15. The Balaban J connectivity index is 1.91. The van der Waals surface area contributed by atoms with E-state index in [1.165, 1.54) is 22.5 Å². The lowest BCUT2D eigenvalue weighted by atomic mass is 10.1. The van der Waals surface area contributed by atoms with E-state index in [0.29, 0.717) is 0 Å². The van der Waals surface area contributed by atoms with Crippen molar-refractivity contribution in [2.45, 2.75) is 20.8 Å². The molecule has 0 aliphatic rings. The van der Waals surface area contributed by atoms with E-state index in [0.717, 1.165) is 19.6 Å². The third-order valence-electron chi connectivity index (χ3n) is 3.58. The lowest BCUT2D eigenvalue weighted by Gasteiger charge is -2.23. The van der Waals surface area contributed by atoms with Gasteiger partial charge in [0.05, 0.1) is 0 Å². The van der Waals surface area contributed by atoms with Gasteiger partial charge in [0.15, 0.2) is 0 Å². The molecular formula is C18H24N2. The zero-order chi connectivity index (χ0) is 14.4. The minimum atomic E-state index is 0.951. The van der Waals surface area contributed by atoms with Gasteiger partial charge in [-0.1, -0.05) is 35.9 Å². The van der Waals surface area contributed by atoms with E-state index in [1.807, 2.05) is 0 Å². The maximum Gasteiger partial charge on any atom is 0.0370 e. The molecule has 0 atom stereocenters. The zero-order valence-corrected chi connectivity index (χ0v) is 12.7. The molecule has 0 fully saturated rings. The lowest BCUT2D eigenvalue weighted by molar-refractivity contribution is 0.835. The monoisotopic (exact) mass is 268 g/mol. The van der Waals surface area contributed by atoms with Crippen LogP contribution in [-0.2, 0) is 0 Å². The van der Waals surface area contributed by atoms with E-state index < -0.39 is 0 Å². The molecule has 2 rings (SSSR count). The maximum absolute atomic E-state index is 3.53. The minimum absolute atomic E-state index is 0.951. The van der Waals surface area contributed by atoms with Crippen LogP contribution in [-0.4, -0.2) is 19.6 Å². The van der Waals surface area contributed by atoms with Crippen LogP contribution in [0.4, 0.5) is 11.4 Å². The standard InChI is InChI=1S/C18H24N2/c1-4-20(17-8-6-5-7-9-17)13-12-19-18-11-10-15(2)14-16(18)3/h5-11,14,19H,4,12-13H2,1-3H3. The molecule has 0 unspecified atom stereocenters. The Kier molecular flexibility index (Phi) is 5.05. The van der Waals surface area contributed by atoms with Gasteiger partial charge in [-0.3, -0.25) is 0 Å². The SMILES string of the molecule is CCN(CCNc1ccc(C)cc1C)c1ccccc1. The Morgan fingerprint density at radius 1 is 1.00 bits per heavy atom. The van der Waals surface area contributed by atoms with E-state index in [2.05, 4.69) is 79.5 Å². The van der Waals surface area contributed by atoms with Crippen molar-refractivity contribution in [3.8, 4) is 0 Å². The predicted molar refractivity (Wildman–Crippen MR) is 88.7 cm³/mol. The van der Waals surface area contributed by atoms with Crippen LogP contribution in [0.1, 0.15) is 18.1 Å². The third-order valence-corrected chi connectivity index (χ3v) is 3.58. The van der Waals surface area contributed by atoms with Crippen molar-refractivity contribution in [2.24, 2.45) is 0 Å². The van der Waals surface area contributed by atoms with Crippen molar-refractivity contribution in [1.82, 2.24) is 0 Å². The lowest BCUT2D eigenvalue weighted by Crippen LogP contribution is -2.28. The van der Waals surface area contributed by atoms with Gasteiger partial charge < -0.3 is 10.2 Å². The molecule has 2 heteroatoms. The first kappa shape index (κ1) is 14.4. The molecule has 0 spiro atoms. The van der Waals surface area contributed by atoms with Crippen molar-refractivity contribution >= 4 is 11.4 Å². The molecule has 0 aliphatic heterocycles. The molecule has 0 heterocycles. The number of anilines is 2. The van der Waals surface area contributed by atoms with Gasteiger partial charge in [0.1, 0.15) is 0 Å². The van der Waals surface area contributed by atoms with Crippen LogP contribution in [0.3, 0.4) is 0 Å². The normalized spacial score (nSPS) is 10.3. The first-order chi connectivity index (χ1) is 9.70. The molecule has 2 aromatic carbocycles. The van der Waals surface area contributed by atoms with Gasteiger partial charge in [-0.05, 0) is 44.5 Å². The number of benzene rings is 2. The highest BCUT2D eigenvalue weighted by atomic mass is 15.1. The fraction of sp³-hybridized carbons (Fsp3) is 0.333. The summed E-state index contributed by atoms with van der Waals surface area (Å²) in [7, 11) is 0. The first-order valence-corrected chi connectivity index (χ1v) is 7.32. The number of nitrogens with one attached hydrogen (secondary N) is 1. The van der Waals surface area contributed by atoms with Crippen molar-refractivity contribution in [1.29, 1.82) is 0 Å². The summed E-state index contributed by atoms with van der Waals surface area (Å²) in [6.45, 7) is 9.47. The number of hydrogen-bond acceptors (Lipinski definition) is 2. The van der Waals surface area contributed by atoms with Crippen LogP contribution < -0.4 is 10.2 Å². The van der Waals surface area contributed by atoms with Crippen LogP contribution in [0.2, 0.25) is 0 Å². The Hall–Kier alpha value is -1.96. The molecule has 2 nitrogen and oxygen atoms in total. The van der Waals surface area contributed by atoms with E-state index in [9.17, 15) is 0 Å². The number of nitrogens with zero attached hydrogens (tertiary/aromatic N) is 1. The van der Waals surface area contributed by atoms with Gasteiger partial charge in [0, 0.05) is 31.0 Å². The number of aryl methyl sites for hydroxylation is 2. The van der Waals surface area contributed by atoms with E-state index in [4.69, 9.17) is 0 Å². The second-order valence-corrected chi connectivity index (χ2v) is 5.16. The Bertz CT molecular complexity index is 534. The molecule has 0 radical (unpaired) electrons. The average molecular weight is 268 g/mol. The maximum atomic E-state index is 3.53. The summed E-state index contributed by atoms with van der Waals surface area (Å²) in [4.78, 5) is 2.39. The van der Waals surface area contributed by atoms with Crippen molar-refractivity contribution in [3.63, 3.8) is 0 Å². The largest absolute Gasteiger partial charge is 0.383 e. The molecule has 0 saturated carbocycles. The molecule has 0 amide bonds. The van der Waals surface area contributed by atoms with Crippen LogP contribution in [0, 0.1) is 13.8 Å². The third kappa shape index (κ3) is 3.77. The smallest absolute Gasteiger partial charge is 0.0370 e. The van der Waals surface area contributed by atoms with Gasteiger partial charge in [-0.15, -0.1) is 0 Å². The van der Waals surface area contributed by atoms with Crippen LogP contribution >= 0.6 is 0 Å². The highest BCUT2D eigenvalue weighted by Gasteiger charge is 2.03. The summed E-state index contributed by atoms with van der Waals surface area (Å²) >= 11 is 0. The van der Waals surface area contributed by atoms with Crippen LogP contribution in [0.5, 0.6) is 0 Å². The molecule has 20 heavy (non-hydrogen) atoms. The summed E-state index contributed by atoms with van der Waals surface area (Å²) < 4.78 is 0. The quantitative estimate of drug-likeness (QED) is 0.843. The summed E-state index contributed by atoms with van der Waals surface area (Å²) in [6, 6.07) is 17.1. The van der Waals surface area contributed by atoms with Gasteiger partial charge in [0.25, 0.3) is 0 Å². The predicted octanol–water partition coefficient (Wildman–Crippen LogP) is 4.24. The second kappa shape index (κ2) is 6.99. The number of hydrogen-bond donors (Lipinski definition) is 1. The molecule has 0 saturated heterocycles. The summed E-state index contributed by atoms with van der Waals surface area (Å²) in [6.07, 6.45) is 0. The summed E-state index contributed by atoms with van der Waals surface area (Å²) in [5.74, 6) is 0. The number of likely N-dealkylation sites (N-methyl/N-ethyl adjacent to an activating group) is 1. The highest BCUT2D eigenvalue weighted by molar-refractivity contribution is 5.52. The van der Waals surface area contributed by atoms with Gasteiger partial charge in [-0.2, -0.15) is 0 Å². The van der Waals surface area contributed by atoms with E-state index >= 15 is 0 Å². The van der Waals surface area contributed by atoms with E-state index in [-0.39, 0.29) is 0 Å².